The zero-order chi connectivity index (χ0) is 22.3. The van der Waals surface area contributed by atoms with Crippen molar-refractivity contribution in [1.82, 2.24) is 0 Å². The van der Waals surface area contributed by atoms with Crippen LogP contribution in [0.15, 0.2) is 41.6 Å². The monoisotopic (exact) mass is 447 g/mol. The van der Waals surface area contributed by atoms with Crippen LogP contribution in [-0.4, -0.2) is 39.8 Å². The summed E-state index contributed by atoms with van der Waals surface area (Å²) in [6.07, 6.45) is -0.0123. The minimum Gasteiger partial charge on any atom is -0.493 e. The maximum Gasteiger partial charge on any atom is 0.336 e. The van der Waals surface area contributed by atoms with Crippen LogP contribution in [0.2, 0.25) is 5.02 Å². The highest BCUT2D eigenvalue weighted by Gasteiger charge is 2.43. The van der Waals surface area contributed by atoms with Crippen LogP contribution in [0.4, 0.5) is 10.1 Å². The minimum absolute atomic E-state index is 0.0123. The smallest absolute Gasteiger partial charge is 0.336 e. The number of anilines is 1. The summed E-state index contributed by atoms with van der Waals surface area (Å²) in [5, 5.41) is -0.121. The first kappa shape index (κ1) is 21.0. The Hall–Kier alpha value is -3.26. The Morgan fingerprint density at radius 2 is 1.74 bits per heavy atom. The first-order valence-electron chi connectivity index (χ1n) is 9.37. The molecule has 0 unspecified atom stereocenters. The number of nitrogens with zero attached hydrogens (tertiary/aromatic N) is 1. The van der Waals surface area contributed by atoms with E-state index in [2.05, 4.69) is 0 Å². The fourth-order valence-electron chi connectivity index (χ4n) is 3.97. The third kappa shape index (κ3) is 3.46. The fourth-order valence-corrected chi connectivity index (χ4v) is 4.14. The summed E-state index contributed by atoms with van der Waals surface area (Å²) in [7, 11) is 4.47. The molecule has 31 heavy (non-hydrogen) atoms. The van der Waals surface area contributed by atoms with Crippen molar-refractivity contribution in [1.29, 1.82) is 0 Å². The van der Waals surface area contributed by atoms with E-state index < -0.39 is 17.7 Å². The molecule has 2 aromatic rings. The molecule has 4 rings (SSSR count). The van der Waals surface area contributed by atoms with Crippen molar-refractivity contribution in [2.45, 2.75) is 12.3 Å². The summed E-state index contributed by atoms with van der Waals surface area (Å²) in [6.45, 7) is -0.0736. The molecule has 0 saturated heterocycles. The number of hydrogen-bond acceptors (Lipinski definition) is 6. The summed E-state index contributed by atoms with van der Waals surface area (Å²) in [5.74, 6) is -0.743. The average molecular weight is 448 g/mol. The molecular formula is C22H19ClFNO6. The van der Waals surface area contributed by atoms with Crippen LogP contribution < -0.4 is 19.1 Å². The van der Waals surface area contributed by atoms with E-state index in [1.165, 1.54) is 44.4 Å². The molecule has 7 nitrogen and oxygen atoms in total. The predicted octanol–water partition coefficient (Wildman–Crippen LogP) is 3.84. The van der Waals surface area contributed by atoms with Gasteiger partial charge in [-0.2, -0.15) is 0 Å². The summed E-state index contributed by atoms with van der Waals surface area (Å²) in [4.78, 5) is 27.2. The van der Waals surface area contributed by atoms with Crippen molar-refractivity contribution in [3.8, 4) is 17.2 Å². The van der Waals surface area contributed by atoms with E-state index in [1.807, 2.05) is 0 Å². The number of carbonyl (C=O) groups is 2. The van der Waals surface area contributed by atoms with E-state index in [1.54, 1.807) is 12.1 Å². The van der Waals surface area contributed by atoms with Crippen molar-refractivity contribution in [3.05, 3.63) is 58.0 Å². The first-order chi connectivity index (χ1) is 14.9. The van der Waals surface area contributed by atoms with Gasteiger partial charge in [-0.1, -0.05) is 11.6 Å². The summed E-state index contributed by atoms with van der Waals surface area (Å²) in [5.41, 5.74) is 1.77. The van der Waals surface area contributed by atoms with Gasteiger partial charge in [0.2, 0.25) is 11.7 Å². The number of cyclic esters (lactones) is 1. The lowest BCUT2D eigenvalue weighted by Crippen LogP contribution is -2.37. The highest BCUT2D eigenvalue weighted by atomic mass is 35.5. The van der Waals surface area contributed by atoms with Crippen molar-refractivity contribution < 1.29 is 32.9 Å². The van der Waals surface area contributed by atoms with Gasteiger partial charge in [-0.25, -0.2) is 9.18 Å². The number of rotatable bonds is 5. The zero-order valence-corrected chi connectivity index (χ0v) is 17.8. The standard InChI is InChI=1S/C22H19ClFNO6/c1-28-17-6-11(7-18(29-2)21(17)30-3)13-9-19(26)25(16-10-31-22(27)20(13)16)12-4-5-15(24)14(23)8-12/h4-8,13H,9-10H2,1-3H3/t13-/m1/s1. The Balaban J connectivity index is 1.85. The van der Waals surface area contributed by atoms with E-state index in [-0.39, 0.29) is 24.0 Å². The molecule has 0 aromatic heterocycles. The number of hydrogen-bond donors (Lipinski definition) is 0. The first-order valence-corrected chi connectivity index (χ1v) is 9.75. The molecule has 0 radical (unpaired) electrons. The topological polar surface area (TPSA) is 74.3 Å². The second kappa shape index (κ2) is 8.11. The molecular weight excluding hydrogens is 429 g/mol. The van der Waals surface area contributed by atoms with E-state index >= 15 is 0 Å². The Morgan fingerprint density at radius 1 is 1.06 bits per heavy atom. The second-order valence-electron chi connectivity index (χ2n) is 6.98. The maximum atomic E-state index is 13.6. The summed E-state index contributed by atoms with van der Waals surface area (Å²) >= 11 is 5.91. The van der Waals surface area contributed by atoms with Crippen molar-refractivity contribution in [2.24, 2.45) is 0 Å². The van der Waals surface area contributed by atoms with E-state index in [0.29, 0.717) is 39.8 Å². The van der Waals surface area contributed by atoms with Crippen LogP contribution in [0.25, 0.3) is 0 Å². The molecule has 2 heterocycles. The van der Waals surface area contributed by atoms with Crippen LogP contribution in [0.3, 0.4) is 0 Å². The Morgan fingerprint density at radius 3 is 2.32 bits per heavy atom. The molecule has 9 heteroatoms. The number of methoxy groups -OCH3 is 3. The molecule has 1 amide bonds. The third-order valence-electron chi connectivity index (χ3n) is 5.37. The van der Waals surface area contributed by atoms with Gasteiger partial charge in [0.05, 0.1) is 43.3 Å². The Bertz CT molecular complexity index is 1090. The molecule has 1 atom stereocenters. The largest absolute Gasteiger partial charge is 0.493 e. The number of benzene rings is 2. The van der Waals surface area contributed by atoms with Crippen molar-refractivity contribution in [2.75, 3.05) is 32.8 Å². The van der Waals surface area contributed by atoms with Gasteiger partial charge in [0.1, 0.15) is 12.4 Å². The Kier molecular flexibility index (Phi) is 5.49. The minimum atomic E-state index is -0.599. The molecule has 0 fully saturated rings. The molecule has 0 spiro atoms. The van der Waals surface area contributed by atoms with Crippen LogP contribution in [0, 0.1) is 5.82 Å². The van der Waals surface area contributed by atoms with Crippen LogP contribution in [0.5, 0.6) is 17.2 Å². The molecule has 0 aliphatic carbocycles. The number of amides is 1. The van der Waals surface area contributed by atoms with E-state index in [0.717, 1.165) is 0 Å². The van der Waals surface area contributed by atoms with E-state index in [9.17, 15) is 14.0 Å². The Labute approximate surface area is 182 Å². The predicted molar refractivity (Wildman–Crippen MR) is 110 cm³/mol. The number of ether oxygens (including phenoxy) is 4. The normalized spacial score (nSPS) is 18.1. The molecule has 0 saturated carbocycles. The van der Waals surface area contributed by atoms with Crippen molar-refractivity contribution in [3.63, 3.8) is 0 Å². The van der Waals surface area contributed by atoms with Crippen LogP contribution in [0.1, 0.15) is 17.9 Å². The van der Waals surface area contributed by atoms with Crippen molar-refractivity contribution >= 4 is 29.2 Å². The van der Waals surface area contributed by atoms with Crippen LogP contribution >= 0.6 is 11.6 Å². The lowest BCUT2D eigenvalue weighted by atomic mass is 9.83. The van der Waals surface area contributed by atoms with Gasteiger partial charge in [-0.05, 0) is 35.9 Å². The number of halogens is 2. The molecule has 2 aliphatic rings. The fraction of sp³-hybridized carbons (Fsp3) is 0.273. The molecule has 0 bridgehead atoms. The highest BCUT2D eigenvalue weighted by Crippen LogP contribution is 2.46. The maximum absolute atomic E-state index is 13.6. The van der Waals surface area contributed by atoms with E-state index in [4.69, 9.17) is 30.5 Å². The van der Waals surface area contributed by atoms with Gasteiger partial charge in [-0.3, -0.25) is 9.69 Å². The number of esters is 1. The van der Waals surface area contributed by atoms with Crippen LogP contribution in [-0.2, 0) is 14.3 Å². The van der Waals surface area contributed by atoms with Gasteiger partial charge >= 0.3 is 5.97 Å². The molecule has 2 aliphatic heterocycles. The molecule has 2 aromatic carbocycles. The average Bonchev–Trinajstić information content (AvgIpc) is 3.15. The quantitative estimate of drug-likeness (QED) is 0.648. The van der Waals surface area contributed by atoms with Gasteiger partial charge < -0.3 is 18.9 Å². The lowest BCUT2D eigenvalue weighted by Gasteiger charge is -2.32. The van der Waals surface area contributed by atoms with Gasteiger partial charge in [0.15, 0.2) is 11.5 Å². The van der Waals surface area contributed by atoms with Gasteiger partial charge in [0, 0.05) is 12.3 Å². The lowest BCUT2D eigenvalue weighted by molar-refractivity contribution is -0.136. The number of carbonyl (C=O) groups excluding carboxylic acids is 2. The SMILES string of the molecule is COc1cc([C@H]2CC(=O)N(c3ccc(F)c(Cl)c3)C3=C2C(=O)OC3)cc(OC)c1OC. The van der Waals surface area contributed by atoms with Gasteiger partial charge in [-0.15, -0.1) is 0 Å². The highest BCUT2D eigenvalue weighted by molar-refractivity contribution is 6.31. The summed E-state index contributed by atoms with van der Waals surface area (Å²) in [6, 6.07) is 7.38. The second-order valence-corrected chi connectivity index (χ2v) is 7.39. The zero-order valence-electron chi connectivity index (χ0n) is 17.0. The third-order valence-corrected chi connectivity index (χ3v) is 5.66. The molecule has 0 N–H and O–H groups in total. The van der Waals surface area contributed by atoms with Gasteiger partial charge in [0.25, 0.3) is 0 Å². The molecule has 162 valence electrons. The summed E-state index contributed by atoms with van der Waals surface area (Å²) < 4.78 is 35.1.